The lowest BCUT2D eigenvalue weighted by atomic mass is 9.76. The van der Waals surface area contributed by atoms with Gasteiger partial charge in [0.25, 0.3) is 5.91 Å². The molecule has 228 valence electrons. The first-order chi connectivity index (χ1) is 21.2. The first-order valence-corrected chi connectivity index (χ1v) is 14.4. The molecule has 0 fully saturated rings. The quantitative estimate of drug-likeness (QED) is 0.138. The minimum Gasteiger partial charge on any atom is -0.511 e. The zero-order chi connectivity index (χ0) is 33.2. The minimum atomic E-state index is -2.11. The summed E-state index contributed by atoms with van der Waals surface area (Å²) >= 11 is 0. The van der Waals surface area contributed by atoms with Crippen LogP contribution in [0.3, 0.4) is 0 Å². The number of unbranched alkanes of at least 4 members (excludes halogenated alkanes) is 3. The van der Waals surface area contributed by atoms with E-state index in [-0.39, 0.29) is 35.0 Å². The standard InChI is InChI=1S/C33H46N4O5/c1-23(31-28(38)20-33(2,3)21-29(31)39)36-37(22-25-13-16-27(41-5)19-30(25)42-6)26-14-11-24(12-15-26)32(40)35-18-10-8-7-9-17-34-4/h11-16,19,34,38H,7-10,17-18,20-22H2,1-6H3,(H,35,40)/b36-23+/i4D3. The van der Waals surface area contributed by atoms with Gasteiger partial charge in [0.15, 0.2) is 5.78 Å². The van der Waals surface area contributed by atoms with E-state index in [4.69, 9.17) is 18.7 Å². The van der Waals surface area contributed by atoms with Crippen LogP contribution in [0.4, 0.5) is 5.69 Å². The highest BCUT2D eigenvalue weighted by atomic mass is 16.5. The van der Waals surface area contributed by atoms with E-state index in [1.807, 2.05) is 26.0 Å². The number of ketones is 1. The second-order valence-corrected chi connectivity index (χ2v) is 11.3. The molecule has 1 aliphatic carbocycles. The first kappa shape index (κ1) is 28.3. The van der Waals surface area contributed by atoms with Gasteiger partial charge in [-0.05, 0) is 75.1 Å². The van der Waals surface area contributed by atoms with E-state index in [1.54, 1.807) is 56.5 Å². The molecule has 9 heteroatoms. The number of benzene rings is 2. The highest BCUT2D eigenvalue weighted by Crippen LogP contribution is 2.36. The zero-order valence-electron chi connectivity index (χ0n) is 28.4. The number of methoxy groups -OCH3 is 2. The van der Waals surface area contributed by atoms with Crippen LogP contribution in [0, 0.1) is 5.41 Å². The predicted octanol–water partition coefficient (Wildman–Crippen LogP) is 5.80. The van der Waals surface area contributed by atoms with Gasteiger partial charge < -0.3 is 25.2 Å². The van der Waals surface area contributed by atoms with Gasteiger partial charge in [-0.1, -0.05) is 26.7 Å². The molecule has 1 aliphatic rings. The van der Waals surface area contributed by atoms with Crippen molar-refractivity contribution in [3.05, 3.63) is 64.9 Å². The van der Waals surface area contributed by atoms with Crippen LogP contribution in [0.5, 0.6) is 11.5 Å². The molecule has 0 saturated carbocycles. The molecular weight excluding hydrogens is 532 g/mol. The number of carbonyl (C=O) groups is 2. The van der Waals surface area contributed by atoms with E-state index in [9.17, 15) is 14.7 Å². The van der Waals surface area contributed by atoms with E-state index in [0.717, 1.165) is 31.2 Å². The molecule has 3 N–H and O–H groups in total. The van der Waals surface area contributed by atoms with Crippen LogP contribution in [0.15, 0.2) is 58.9 Å². The number of nitrogens with zero attached hydrogens (tertiary/aromatic N) is 2. The molecule has 42 heavy (non-hydrogen) atoms. The molecule has 0 radical (unpaired) electrons. The summed E-state index contributed by atoms with van der Waals surface area (Å²) in [7, 11) is 3.16. The van der Waals surface area contributed by atoms with E-state index in [0.29, 0.717) is 54.4 Å². The normalized spacial score (nSPS) is 16.4. The van der Waals surface area contributed by atoms with Gasteiger partial charge in [-0.25, -0.2) is 0 Å². The van der Waals surface area contributed by atoms with Gasteiger partial charge in [0.1, 0.15) is 17.3 Å². The number of aliphatic hydroxyl groups is 1. The first-order valence-electron chi connectivity index (χ1n) is 15.9. The molecule has 0 spiro atoms. The van der Waals surface area contributed by atoms with E-state index >= 15 is 0 Å². The molecular formula is C33H46N4O5. The van der Waals surface area contributed by atoms with Gasteiger partial charge in [0.05, 0.1) is 37.7 Å². The smallest absolute Gasteiger partial charge is 0.251 e. The molecule has 3 rings (SSSR count). The van der Waals surface area contributed by atoms with Crippen molar-refractivity contribution in [3.8, 4) is 11.5 Å². The maximum Gasteiger partial charge on any atom is 0.251 e. The van der Waals surface area contributed by atoms with Crippen LogP contribution in [-0.4, -0.2) is 56.8 Å². The van der Waals surface area contributed by atoms with Crippen LogP contribution in [0.25, 0.3) is 0 Å². The number of anilines is 1. The number of Topliss-reactive ketones (excluding diaryl/α,β-unsaturated/α-hetero) is 1. The number of hydrogen-bond acceptors (Lipinski definition) is 8. The molecule has 0 unspecified atom stereocenters. The van der Waals surface area contributed by atoms with Crippen molar-refractivity contribution in [2.45, 2.75) is 65.8 Å². The molecule has 0 aromatic heterocycles. The van der Waals surface area contributed by atoms with Crippen LogP contribution in [-0.2, 0) is 11.3 Å². The highest BCUT2D eigenvalue weighted by molar-refractivity contribution is 6.22. The average Bonchev–Trinajstić information content (AvgIpc) is 2.96. The third-order valence-electron chi connectivity index (χ3n) is 7.24. The van der Waals surface area contributed by atoms with Crippen molar-refractivity contribution >= 4 is 23.1 Å². The van der Waals surface area contributed by atoms with E-state index < -0.39 is 6.98 Å². The number of ether oxygens (including phenoxy) is 2. The van der Waals surface area contributed by atoms with Crippen molar-refractivity contribution < 1.29 is 28.3 Å². The number of hydrogen-bond donors (Lipinski definition) is 3. The number of hydrazone groups is 1. The number of nitrogens with one attached hydrogen (secondary N) is 2. The predicted molar refractivity (Wildman–Crippen MR) is 168 cm³/mol. The third kappa shape index (κ3) is 9.08. The van der Waals surface area contributed by atoms with Gasteiger partial charge in [0, 0.05) is 40.7 Å². The van der Waals surface area contributed by atoms with Crippen LogP contribution >= 0.6 is 0 Å². The van der Waals surface area contributed by atoms with Crippen molar-refractivity contribution in [1.29, 1.82) is 0 Å². The number of amides is 1. The summed E-state index contributed by atoms with van der Waals surface area (Å²) in [6.07, 6.45) is 4.02. The van der Waals surface area contributed by atoms with Gasteiger partial charge in [-0.3, -0.25) is 14.6 Å². The maximum absolute atomic E-state index is 13.0. The lowest BCUT2D eigenvalue weighted by Gasteiger charge is -2.30. The molecule has 0 atom stereocenters. The van der Waals surface area contributed by atoms with Gasteiger partial charge in [0.2, 0.25) is 0 Å². The summed E-state index contributed by atoms with van der Waals surface area (Å²) in [6, 6.07) is 12.5. The Hall–Kier alpha value is -3.85. The van der Waals surface area contributed by atoms with E-state index in [1.165, 1.54) is 0 Å². The monoisotopic (exact) mass is 581 g/mol. The Morgan fingerprint density at radius 2 is 1.76 bits per heavy atom. The Kier molecular flexibility index (Phi) is 10.4. The van der Waals surface area contributed by atoms with E-state index in [2.05, 4.69) is 10.6 Å². The third-order valence-corrected chi connectivity index (χ3v) is 7.24. The fourth-order valence-electron chi connectivity index (χ4n) is 5.04. The lowest BCUT2D eigenvalue weighted by molar-refractivity contribution is -0.117. The van der Waals surface area contributed by atoms with Crippen molar-refractivity contribution in [2.24, 2.45) is 10.5 Å². The maximum atomic E-state index is 13.0. The number of allylic oxidation sites excluding steroid dienone is 2. The minimum absolute atomic E-state index is 0.0405. The SMILES string of the molecule is [2H]C([2H])([2H])NCCCCCCNC(=O)c1ccc(N(Cc2ccc(OC)cc2OC)/N=C(\C)C2=C(O)CC(C)(C)CC2=O)cc1. The molecule has 9 nitrogen and oxygen atoms in total. The largest absolute Gasteiger partial charge is 0.511 e. The summed E-state index contributed by atoms with van der Waals surface area (Å²) in [5.41, 5.74) is 2.31. The summed E-state index contributed by atoms with van der Waals surface area (Å²) < 4.78 is 32.4. The second kappa shape index (κ2) is 15.4. The molecule has 2 aromatic rings. The van der Waals surface area contributed by atoms with Crippen LogP contribution < -0.4 is 25.1 Å². The fourth-order valence-corrected chi connectivity index (χ4v) is 5.04. The average molecular weight is 582 g/mol. The Morgan fingerprint density at radius 1 is 1.05 bits per heavy atom. The summed E-state index contributed by atoms with van der Waals surface area (Å²) in [5.74, 6) is 0.951. The second-order valence-electron chi connectivity index (χ2n) is 11.3. The number of carbonyl (C=O) groups excluding carboxylic acids is 2. The van der Waals surface area contributed by atoms with Crippen molar-refractivity contribution in [1.82, 2.24) is 10.6 Å². The summed E-state index contributed by atoms with van der Waals surface area (Å²) in [5, 5.41) is 22.7. The molecule has 0 bridgehead atoms. The molecule has 2 aromatic carbocycles. The fraction of sp³-hybridized carbons (Fsp3) is 0.485. The molecule has 1 amide bonds. The Morgan fingerprint density at radius 3 is 2.40 bits per heavy atom. The number of aliphatic hydroxyl groups excluding tert-OH is 1. The number of rotatable bonds is 15. The topological polar surface area (TPSA) is 112 Å². The Labute approximate surface area is 254 Å². The molecule has 0 aliphatic heterocycles. The van der Waals surface area contributed by atoms with Crippen molar-refractivity contribution in [2.75, 3.05) is 39.3 Å². The Bertz CT molecular complexity index is 1390. The van der Waals surface area contributed by atoms with Gasteiger partial charge in [-0.15, -0.1) is 0 Å². The summed E-state index contributed by atoms with van der Waals surface area (Å²) in [6.45, 7) is 4.75. The zero-order valence-corrected chi connectivity index (χ0v) is 25.4. The molecule has 0 heterocycles. The lowest BCUT2D eigenvalue weighted by Crippen LogP contribution is -2.29. The van der Waals surface area contributed by atoms with Gasteiger partial charge >= 0.3 is 0 Å². The highest BCUT2D eigenvalue weighted by Gasteiger charge is 2.34. The summed E-state index contributed by atoms with van der Waals surface area (Å²) in [4.78, 5) is 25.8. The van der Waals surface area contributed by atoms with Crippen molar-refractivity contribution in [3.63, 3.8) is 0 Å². The molecule has 0 saturated heterocycles. The van der Waals surface area contributed by atoms with Gasteiger partial charge in [-0.2, -0.15) is 5.10 Å². The Balaban J connectivity index is 1.75. The van der Waals surface area contributed by atoms with Crippen LogP contribution in [0.1, 0.15) is 79.3 Å². The van der Waals surface area contributed by atoms with Crippen LogP contribution in [0.2, 0.25) is 0 Å².